The van der Waals surface area contributed by atoms with E-state index in [1.165, 1.54) is 29.2 Å². The monoisotopic (exact) mass is 719 g/mol. The molecule has 7 nitrogen and oxygen atoms in total. The zero-order valence-corrected chi connectivity index (χ0v) is 29.0. The van der Waals surface area contributed by atoms with Crippen LogP contribution in [0.5, 0.6) is 0 Å². The third kappa shape index (κ3) is 8.96. The topological polar surface area (TPSA) is 86.8 Å². The van der Waals surface area contributed by atoms with Crippen LogP contribution in [0.4, 0.5) is 5.69 Å². The maximum absolute atomic E-state index is 14.5. The minimum Gasteiger partial charge on any atom is -0.354 e. The summed E-state index contributed by atoms with van der Waals surface area (Å²) in [5.41, 5.74) is 1.42. The maximum atomic E-state index is 14.5. The second kappa shape index (κ2) is 16.0. The summed E-state index contributed by atoms with van der Waals surface area (Å²) in [4.78, 5) is 29.7. The lowest BCUT2D eigenvalue weighted by molar-refractivity contribution is -0.140. The molecule has 1 atom stereocenters. The third-order valence-electron chi connectivity index (χ3n) is 7.10. The standard InChI is InChI=1S/C34H33Cl4N3O4S/c1-23(2)20-39-34(43)31(19-24-10-5-3-6-11-24)40(21-25-16-17-27(35)29(37)18-25)32(42)22-41(30-15-9-14-28(36)33(30)38)46(44,45)26-12-7-4-8-13-26/h3-18,23,31H,19-22H2,1-2H3,(H,39,43). The highest BCUT2D eigenvalue weighted by Crippen LogP contribution is 2.36. The molecule has 0 bridgehead atoms. The van der Waals surface area contributed by atoms with E-state index in [9.17, 15) is 18.0 Å². The third-order valence-corrected chi connectivity index (χ3v) is 10.4. The van der Waals surface area contributed by atoms with Crippen molar-refractivity contribution in [2.45, 2.75) is 37.8 Å². The summed E-state index contributed by atoms with van der Waals surface area (Å²) >= 11 is 25.3. The number of carbonyl (C=O) groups excluding carboxylic acids is 2. The van der Waals surface area contributed by atoms with Crippen LogP contribution in [0.2, 0.25) is 20.1 Å². The van der Waals surface area contributed by atoms with Gasteiger partial charge in [0, 0.05) is 19.5 Å². The number of carbonyl (C=O) groups is 2. The predicted octanol–water partition coefficient (Wildman–Crippen LogP) is 7.91. The Morgan fingerprint density at radius 1 is 0.761 bits per heavy atom. The molecule has 0 aromatic heterocycles. The van der Waals surface area contributed by atoms with Crippen LogP contribution < -0.4 is 9.62 Å². The summed E-state index contributed by atoms with van der Waals surface area (Å²) in [7, 11) is -4.33. The van der Waals surface area contributed by atoms with Crippen LogP contribution in [0.1, 0.15) is 25.0 Å². The summed E-state index contributed by atoms with van der Waals surface area (Å²) in [6, 6.07) is 25.4. The molecule has 12 heteroatoms. The first kappa shape index (κ1) is 35.6. The van der Waals surface area contributed by atoms with E-state index < -0.39 is 28.5 Å². The number of nitrogens with one attached hydrogen (secondary N) is 1. The molecular formula is C34H33Cl4N3O4S. The lowest BCUT2D eigenvalue weighted by atomic mass is 10.0. The van der Waals surface area contributed by atoms with Crippen LogP contribution in [-0.4, -0.2) is 44.3 Å². The molecule has 4 rings (SSSR count). The molecule has 4 aromatic rings. The number of amides is 2. The van der Waals surface area contributed by atoms with Crippen LogP contribution in [0.3, 0.4) is 0 Å². The van der Waals surface area contributed by atoms with E-state index in [-0.39, 0.29) is 50.4 Å². The number of nitrogens with zero attached hydrogens (tertiary/aromatic N) is 2. The molecule has 0 fully saturated rings. The van der Waals surface area contributed by atoms with Crippen LogP contribution >= 0.6 is 46.4 Å². The van der Waals surface area contributed by atoms with Crippen LogP contribution in [0.25, 0.3) is 0 Å². The molecule has 0 radical (unpaired) electrons. The number of benzene rings is 4. The zero-order valence-electron chi connectivity index (χ0n) is 25.2. The molecule has 4 aromatic carbocycles. The number of halogens is 4. The normalized spacial score (nSPS) is 12.1. The first-order valence-corrected chi connectivity index (χ1v) is 17.4. The van der Waals surface area contributed by atoms with Crippen molar-refractivity contribution in [1.82, 2.24) is 10.2 Å². The fraction of sp³-hybridized carbons (Fsp3) is 0.235. The highest BCUT2D eigenvalue weighted by molar-refractivity contribution is 7.92. The molecule has 1 N–H and O–H groups in total. The first-order valence-electron chi connectivity index (χ1n) is 14.4. The summed E-state index contributed by atoms with van der Waals surface area (Å²) in [5.74, 6) is -0.886. The van der Waals surface area contributed by atoms with Gasteiger partial charge in [0.1, 0.15) is 12.6 Å². The second-order valence-electron chi connectivity index (χ2n) is 11.0. The molecule has 0 spiro atoms. The van der Waals surface area contributed by atoms with Gasteiger partial charge in [0.2, 0.25) is 11.8 Å². The molecule has 1 unspecified atom stereocenters. The maximum Gasteiger partial charge on any atom is 0.264 e. The van der Waals surface area contributed by atoms with Gasteiger partial charge in [-0.3, -0.25) is 13.9 Å². The first-order chi connectivity index (χ1) is 21.9. The molecule has 0 heterocycles. The largest absolute Gasteiger partial charge is 0.354 e. The molecule has 0 aliphatic heterocycles. The van der Waals surface area contributed by atoms with Gasteiger partial charge in [0.05, 0.1) is 30.7 Å². The van der Waals surface area contributed by atoms with Gasteiger partial charge < -0.3 is 10.2 Å². The van der Waals surface area contributed by atoms with E-state index in [1.807, 2.05) is 44.2 Å². The van der Waals surface area contributed by atoms with Gasteiger partial charge >= 0.3 is 0 Å². The Morgan fingerprint density at radius 3 is 2.04 bits per heavy atom. The summed E-state index contributed by atoms with van der Waals surface area (Å²) in [5, 5.41) is 3.63. The van der Waals surface area contributed by atoms with Gasteiger partial charge in [-0.1, -0.05) is 121 Å². The fourth-order valence-corrected chi connectivity index (χ4v) is 6.94. The van der Waals surface area contributed by atoms with Crippen molar-refractivity contribution >= 4 is 73.9 Å². The van der Waals surface area contributed by atoms with Crippen molar-refractivity contribution < 1.29 is 18.0 Å². The Kier molecular flexibility index (Phi) is 12.4. The van der Waals surface area contributed by atoms with Crippen molar-refractivity contribution in [3.8, 4) is 0 Å². The molecule has 0 saturated heterocycles. The van der Waals surface area contributed by atoms with E-state index in [4.69, 9.17) is 46.4 Å². The molecule has 242 valence electrons. The lowest BCUT2D eigenvalue weighted by Gasteiger charge is -2.34. The molecule has 46 heavy (non-hydrogen) atoms. The van der Waals surface area contributed by atoms with Crippen LogP contribution in [0.15, 0.2) is 102 Å². The quantitative estimate of drug-likeness (QED) is 0.152. The zero-order chi connectivity index (χ0) is 33.4. The van der Waals surface area contributed by atoms with Crippen molar-refractivity contribution in [2.75, 3.05) is 17.4 Å². The Morgan fingerprint density at radius 2 is 1.41 bits per heavy atom. The van der Waals surface area contributed by atoms with E-state index >= 15 is 0 Å². The fourth-order valence-electron chi connectivity index (χ4n) is 4.73. The Labute approximate surface area is 290 Å². The SMILES string of the molecule is CC(C)CNC(=O)C(Cc1ccccc1)N(Cc1ccc(Cl)c(Cl)c1)C(=O)CN(c1cccc(Cl)c1Cl)S(=O)(=O)c1ccccc1. The second-order valence-corrected chi connectivity index (χ2v) is 14.5. The number of hydrogen-bond acceptors (Lipinski definition) is 4. The molecule has 0 aliphatic carbocycles. The summed E-state index contributed by atoms with van der Waals surface area (Å²) < 4.78 is 29.1. The van der Waals surface area contributed by atoms with Crippen molar-refractivity contribution in [2.24, 2.45) is 5.92 Å². The van der Waals surface area contributed by atoms with E-state index in [2.05, 4.69) is 5.32 Å². The number of hydrogen-bond donors (Lipinski definition) is 1. The van der Waals surface area contributed by atoms with Crippen LogP contribution in [0, 0.1) is 5.92 Å². The van der Waals surface area contributed by atoms with Crippen LogP contribution in [-0.2, 0) is 32.6 Å². The number of rotatable bonds is 13. The number of sulfonamides is 1. The van der Waals surface area contributed by atoms with Crippen molar-refractivity contribution in [3.05, 3.63) is 128 Å². The minimum absolute atomic E-state index is 0.0183. The van der Waals surface area contributed by atoms with Gasteiger partial charge in [-0.15, -0.1) is 0 Å². The predicted molar refractivity (Wildman–Crippen MR) is 186 cm³/mol. The van der Waals surface area contributed by atoms with Gasteiger partial charge in [0.25, 0.3) is 10.0 Å². The average molecular weight is 722 g/mol. The molecule has 2 amide bonds. The van der Waals surface area contributed by atoms with E-state index in [0.29, 0.717) is 17.1 Å². The minimum atomic E-state index is -4.33. The molecular weight excluding hydrogens is 688 g/mol. The Hall–Kier alpha value is -3.27. The van der Waals surface area contributed by atoms with Gasteiger partial charge in [-0.2, -0.15) is 0 Å². The van der Waals surface area contributed by atoms with Crippen molar-refractivity contribution in [1.29, 1.82) is 0 Å². The Bertz CT molecular complexity index is 1770. The smallest absolute Gasteiger partial charge is 0.264 e. The Balaban J connectivity index is 1.84. The van der Waals surface area contributed by atoms with Gasteiger partial charge in [0.15, 0.2) is 0 Å². The lowest BCUT2D eigenvalue weighted by Crippen LogP contribution is -2.53. The van der Waals surface area contributed by atoms with E-state index in [1.54, 1.807) is 42.5 Å². The summed E-state index contributed by atoms with van der Waals surface area (Å²) in [6.07, 6.45) is 0.168. The average Bonchev–Trinajstić information content (AvgIpc) is 3.04. The molecule has 0 saturated carbocycles. The molecule has 0 aliphatic rings. The van der Waals surface area contributed by atoms with Gasteiger partial charge in [-0.05, 0) is 53.4 Å². The highest BCUT2D eigenvalue weighted by Gasteiger charge is 2.35. The number of anilines is 1. The van der Waals surface area contributed by atoms with Gasteiger partial charge in [-0.25, -0.2) is 8.42 Å². The summed E-state index contributed by atoms with van der Waals surface area (Å²) in [6.45, 7) is 3.57. The van der Waals surface area contributed by atoms with E-state index in [0.717, 1.165) is 9.87 Å². The van der Waals surface area contributed by atoms with Crippen molar-refractivity contribution in [3.63, 3.8) is 0 Å². The highest BCUT2D eigenvalue weighted by atomic mass is 35.5.